The first-order chi connectivity index (χ1) is 9.83. The Morgan fingerprint density at radius 2 is 1.76 bits per heavy atom. The zero-order valence-corrected chi connectivity index (χ0v) is 12.9. The zero-order chi connectivity index (χ0) is 15.9. The van der Waals surface area contributed by atoms with E-state index in [4.69, 9.17) is 4.74 Å². The maximum atomic E-state index is 12.1. The van der Waals surface area contributed by atoms with Crippen LogP contribution in [0.5, 0.6) is 5.75 Å². The highest BCUT2D eigenvalue weighted by Crippen LogP contribution is 2.26. The molecule has 0 spiro atoms. The number of alkyl halides is 3. The van der Waals surface area contributed by atoms with Crippen molar-refractivity contribution < 1.29 is 17.9 Å². The molecule has 0 radical (unpaired) electrons. The Morgan fingerprint density at radius 1 is 1.14 bits per heavy atom. The Labute approximate surface area is 124 Å². The van der Waals surface area contributed by atoms with E-state index in [0.717, 1.165) is 30.6 Å². The van der Waals surface area contributed by atoms with E-state index in [2.05, 4.69) is 12.2 Å². The normalized spacial score (nSPS) is 11.7. The van der Waals surface area contributed by atoms with E-state index in [1.807, 2.05) is 26.0 Å². The molecule has 0 aliphatic heterocycles. The van der Waals surface area contributed by atoms with Gasteiger partial charge in [0.05, 0.1) is 6.61 Å². The van der Waals surface area contributed by atoms with Crippen LogP contribution in [0.15, 0.2) is 12.1 Å². The molecule has 0 bridgehead atoms. The molecule has 1 aromatic carbocycles. The third-order valence-corrected chi connectivity index (χ3v) is 3.13. The molecular formula is C16H24F3NO. The van der Waals surface area contributed by atoms with Crippen LogP contribution in [0.1, 0.15) is 42.9 Å². The summed E-state index contributed by atoms with van der Waals surface area (Å²) in [6.07, 6.45) is -3.84. The second kappa shape index (κ2) is 8.27. The molecule has 0 aliphatic rings. The van der Waals surface area contributed by atoms with Crippen LogP contribution in [0.25, 0.3) is 0 Å². The van der Waals surface area contributed by atoms with Crippen LogP contribution in [-0.2, 0) is 6.54 Å². The van der Waals surface area contributed by atoms with Crippen LogP contribution >= 0.6 is 0 Å². The lowest BCUT2D eigenvalue weighted by Crippen LogP contribution is -2.14. The average molecular weight is 303 g/mol. The van der Waals surface area contributed by atoms with Gasteiger partial charge in [0, 0.05) is 13.0 Å². The number of rotatable bonds is 8. The van der Waals surface area contributed by atoms with E-state index in [0.29, 0.717) is 5.75 Å². The molecule has 2 nitrogen and oxygen atoms in total. The fourth-order valence-corrected chi connectivity index (χ4v) is 2.23. The molecule has 21 heavy (non-hydrogen) atoms. The summed E-state index contributed by atoms with van der Waals surface area (Å²) in [5, 5.41) is 3.33. The van der Waals surface area contributed by atoms with E-state index in [1.165, 1.54) is 5.56 Å². The van der Waals surface area contributed by atoms with Crippen molar-refractivity contribution in [1.82, 2.24) is 5.32 Å². The van der Waals surface area contributed by atoms with Crippen molar-refractivity contribution in [2.75, 3.05) is 13.2 Å². The molecule has 0 aliphatic carbocycles. The highest BCUT2D eigenvalue weighted by molar-refractivity contribution is 5.43. The van der Waals surface area contributed by atoms with Gasteiger partial charge in [-0.15, -0.1) is 0 Å². The highest BCUT2D eigenvalue weighted by Gasteiger charge is 2.26. The van der Waals surface area contributed by atoms with Crippen molar-refractivity contribution in [1.29, 1.82) is 0 Å². The molecule has 0 aromatic heterocycles. The van der Waals surface area contributed by atoms with Gasteiger partial charge in [-0.1, -0.05) is 19.1 Å². The van der Waals surface area contributed by atoms with Gasteiger partial charge in [0.15, 0.2) is 0 Å². The number of benzene rings is 1. The Morgan fingerprint density at radius 3 is 2.29 bits per heavy atom. The summed E-state index contributed by atoms with van der Waals surface area (Å²) in [7, 11) is 0. The summed E-state index contributed by atoms with van der Waals surface area (Å²) in [4.78, 5) is 0. The summed E-state index contributed by atoms with van der Waals surface area (Å²) in [6, 6.07) is 4.05. The van der Waals surface area contributed by atoms with Crippen LogP contribution in [0, 0.1) is 13.8 Å². The minimum absolute atomic E-state index is 0.0117. The number of nitrogens with one attached hydrogen (secondary N) is 1. The highest BCUT2D eigenvalue weighted by atomic mass is 19.4. The minimum atomic E-state index is -4.11. The van der Waals surface area contributed by atoms with E-state index in [1.54, 1.807) is 0 Å². The van der Waals surface area contributed by atoms with Crippen LogP contribution in [0.2, 0.25) is 0 Å². The summed E-state index contributed by atoms with van der Waals surface area (Å²) < 4.78 is 41.8. The Bertz CT molecular complexity index is 421. The summed E-state index contributed by atoms with van der Waals surface area (Å²) >= 11 is 0. The molecule has 0 saturated carbocycles. The van der Waals surface area contributed by atoms with Crippen molar-refractivity contribution in [3.05, 3.63) is 28.8 Å². The number of hydrogen-bond acceptors (Lipinski definition) is 2. The third-order valence-electron chi connectivity index (χ3n) is 3.13. The van der Waals surface area contributed by atoms with Crippen molar-refractivity contribution in [3.8, 4) is 5.75 Å². The van der Waals surface area contributed by atoms with E-state index >= 15 is 0 Å². The van der Waals surface area contributed by atoms with Gasteiger partial charge in [-0.25, -0.2) is 0 Å². The Kier molecular flexibility index (Phi) is 7.02. The Balaban J connectivity index is 2.55. The largest absolute Gasteiger partial charge is 0.493 e. The molecule has 1 N–H and O–H groups in total. The summed E-state index contributed by atoms with van der Waals surface area (Å²) in [6.45, 7) is 7.82. The van der Waals surface area contributed by atoms with Gasteiger partial charge in [-0.3, -0.25) is 0 Å². The molecule has 0 heterocycles. The number of ether oxygens (including phenoxy) is 1. The van der Waals surface area contributed by atoms with Gasteiger partial charge in [-0.05, 0) is 49.9 Å². The first kappa shape index (κ1) is 17.8. The molecule has 0 unspecified atom stereocenters. The van der Waals surface area contributed by atoms with Crippen LogP contribution in [-0.4, -0.2) is 19.3 Å². The summed E-state index contributed by atoms with van der Waals surface area (Å²) in [5.41, 5.74) is 3.10. The molecule has 0 saturated heterocycles. The van der Waals surface area contributed by atoms with E-state index < -0.39 is 12.6 Å². The number of halogens is 3. The van der Waals surface area contributed by atoms with E-state index in [9.17, 15) is 13.2 Å². The lowest BCUT2D eigenvalue weighted by molar-refractivity contribution is -0.136. The Hall–Kier alpha value is -1.23. The first-order valence-electron chi connectivity index (χ1n) is 7.34. The molecule has 0 atom stereocenters. The second-order valence-corrected chi connectivity index (χ2v) is 5.30. The minimum Gasteiger partial charge on any atom is -0.493 e. The van der Waals surface area contributed by atoms with Crippen molar-refractivity contribution >= 4 is 0 Å². The van der Waals surface area contributed by atoms with Gasteiger partial charge in [0.25, 0.3) is 0 Å². The predicted octanol–water partition coefficient (Wildman–Crippen LogP) is 4.52. The van der Waals surface area contributed by atoms with Crippen molar-refractivity contribution in [3.63, 3.8) is 0 Å². The first-order valence-corrected chi connectivity index (χ1v) is 7.34. The number of aryl methyl sites for hydroxylation is 2. The van der Waals surface area contributed by atoms with Gasteiger partial charge in [-0.2, -0.15) is 13.2 Å². The molecule has 1 aromatic rings. The lowest BCUT2D eigenvalue weighted by Gasteiger charge is -2.15. The topological polar surface area (TPSA) is 21.3 Å². The van der Waals surface area contributed by atoms with Crippen LogP contribution < -0.4 is 10.1 Å². The fraction of sp³-hybridized carbons (Fsp3) is 0.625. The van der Waals surface area contributed by atoms with Crippen LogP contribution in [0.3, 0.4) is 0 Å². The SMILES string of the molecule is CCCNCc1cc(C)c(OCCCC(F)(F)F)c(C)c1. The fourth-order valence-electron chi connectivity index (χ4n) is 2.23. The lowest BCUT2D eigenvalue weighted by atomic mass is 10.1. The maximum Gasteiger partial charge on any atom is 0.389 e. The molecule has 0 amide bonds. The van der Waals surface area contributed by atoms with Crippen LogP contribution in [0.4, 0.5) is 13.2 Å². The molecule has 120 valence electrons. The quantitative estimate of drug-likeness (QED) is 0.713. The molecular weight excluding hydrogens is 279 g/mol. The van der Waals surface area contributed by atoms with Gasteiger partial charge in [0.1, 0.15) is 5.75 Å². The van der Waals surface area contributed by atoms with Gasteiger partial charge >= 0.3 is 6.18 Å². The number of hydrogen-bond donors (Lipinski definition) is 1. The van der Waals surface area contributed by atoms with Gasteiger partial charge < -0.3 is 10.1 Å². The van der Waals surface area contributed by atoms with E-state index in [-0.39, 0.29) is 13.0 Å². The molecule has 1 rings (SSSR count). The monoisotopic (exact) mass is 303 g/mol. The van der Waals surface area contributed by atoms with Crippen molar-refractivity contribution in [2.45, 2.75) is 52.8 Å². The third kappa shape index (κ3) is 6.85. The predicted molar refractivity (Wildman–Crippen MR) is 78.7 cm³/mol. The standard InChI is InChI=1S/C16H24F3NO/c1-4-7-20-11-14-9-12(2)15(13(3)10-14)21-8-5-6-16(17,18)19/h9-10,20H,4-8,11H2,1-3H3. The smallest absolute Gasteiger partial charge is 0.389 e. The maximum absolute atomic E-state index is 12.1. The van der Waals surface area contributed by atoms with Crippen molar-refractivity contribution in [2.24, 2.45) is 0 Å². The average Bonchev–Trinajstić information content (AvgIpc) is 2.36. The van der Waals surface area contributed by atoms with Gasteiger partial charge in [0.2, 0.25) is 0 Å². The summed E-state index contributed by atoms with van der Waals surface area (Å²) in [5.74, 6) is 0.705. The zero-order valence-electron chi connectivity index (χ0n) is 12.9. The second-order valence-electron chi connectivity index (χ2n) is 5.30. The molecule has 5 heteroatoms. The molecule has 0 fully saturated rings.